The predicted molar refractivity (Wildman–Crippen MR) is 101 cm³/mol. The van der Waals surface area contributed by atoms with Gasteiger partial charge in [0.2, 0.25) is 0 Å². The maximum Gasteiger partial charge on any atom is 0.102 e. The minimum absolute atomic E-state index is 0.252. The first-order valence-corrected chi connectivity index (χ1v) is 7.96. The second-order valence-electron chi connectivity index (χ2n) is 6.07. The van der Waals surface area contributed by atoms with E-state index in [4.69, 9.17) is 5.73 Å². The highest BCUT2D eigenvalue weighted by atomic mass is 14.6. The Morgan fingerprint density at radius 2 is 1.20 bits per heavy atom. The fraction of sp³-hybridized carbons (Fsp3) is 0.0909. The molecular weight excluding hydrogens is 306 g/mol. The smallest absolute Gasteiger partial charge is 0.102 e. The Balaban J connectivity index is 2.08. The van der Waals surface area contributed by atoms with Gasteiger partial charge in [-0.25, -0.2) is 0 Å². The van der Waals surface area contributed by atoms with Gasteiger partial charge in [-0.05, 0) is 42.2 Å². The van der Waals surface area contributed by atoms with Crippen LogP contribution in [0.5, 0.6) is 0 Å². The van der Waals surface area contributed by atoms with E-state index in [0.29, 0.717) is 11.1 Å². The molecule has 0 radical (unpaired) electrons. The SMILES string of the molecule is Cc1ccc(-c2ccc(-c3cc(C)c(C#N)c(N)c3C#N)cc2)cc1. The van der Waals surface area contributed by atoms with Gasteiger partial charge in [-0.3, -0.25) is 0 Å². The summed E-state index contributed by atoms with van der Waals surface area (Å²) in [6.07, 6.45) is 0. The number of benzene rings is 3. The van der Waals surface area contributed by atoms with Crippen LogP contribution in [-0.2, 0) is 0 Å². The Labute approximate surface area is 147 Å². The van der Waals surface area contributed by atoms with Crippen LogP contribution < -0.4 is 5.73 Å². The molecule has 0 bridgehead atoms. The topological polar surface area (TPSA) is 73.6 Å². The van der Waals surface area contributed by atoms with Crippen LogP contribution in [-0.4, -0.2) is 0 Å². The van der Waals surface area contributed by atoms with Gasteiger partial charge in [0, 0.05) is 5.56 Å². The molecule has 3 rings (SSSR count). The summed E-state index contributed by atoms with van der Waals surface area (Å²) >= 11 is 0. The lowest BCUT2D eigenvalue weighted by Crippen LogP contribution is -2.00. The molecule has 120 valence electrons. The third kappa shape index (κ3) is 2.96. The van der Waals surface area contributed by atoms with E-state index < -0.39 is 0 Å². The van der Waals surface area contributed by atoms with E-state index in [1.165, 1.54) is 5.56 Å². The molecule has 0 aromatic heterocycles. The van der Waals surface area contributed by atoms with Crippen LogP contribution >= 0.6 is 0 Å². The maximum absolute atomic E-state index is 9.49. The monoisotopic (exact) mass is 323 g/mol. The van der Waals surface area contributed by atoms with Gasteiger partial charge in [0.05, 0.1) is 16.8 Å². The third-order valence-electron chi connectivity index (χ3n) is 4.37. The molecule has 3 aromatic rings. The van der Waals surface area contributed by atoms with Crippen molar-refractivity contribution in [3.63, 3.8) is 0 Å². The number of hydrogen-bond donors (Lipinski definition) is 1. The summed E-state index contributed by atoms with van der Waals surface area (Å²) in [7, 11) is 0. The van der Waals surface area contributed by atoms with Crippen molar-refractivity contribution in [2.45, 2.75) is 13.8 Å². The average Bonchev–Trinajstić information content (AvgIpc) is 2.62. The lowest BCUT2D eigenvalue weighted by atomic mass is 9.92. The van der Waals surface area contributed by atoms with Gasteiger partial charge in [-0.15, -0.1) is 0 Å². The van der Waals surface area contributed by atoms with Gasteiger partial charge in [0.15, 0.2) is 0 Å². The number of rotatable bonds is 2. The molecule has 0 aliphatic carbocycles. The molecule has 0 atom stereocenters. The molecule has 0 saturated heterocycles. The van der Waals surface area contributed by atoms with Gasteiger partial charge in [0.1, 0.15) is 12.1 Å². The summed E-state index contributed by atoms with van der Waals surface area (Å²) in [5.41, 5.74) is 12.9. The Morgan fingerprint density at radius 1 is 0.720 bits per heavy atom. The van der Waals surface area contributed by atoms with E-state index >= 15 is 0 Å². The fourth-order valence-corrected chi connectivity index (χ4v) is 2.93. The largest absolute Gasteiger partial charge is 0.397 e. The number of anilines is 1. The zero-order valence-electron chi connectivity index (χ0n) is 14.2. The molecular formula is C22H17N3. The molecule has 0 aliphatic heterocycles. The molecule has 0 saturated carbocycles. The molecule has 3 heteroatoms. The van der Waals surface area contributed by atoms with Crippen LogP contribution in [0.25, 0.3) is 22.3 Å². The molecule has 0 aliphatic rings. The van der Waals surface area contributed by atoms with Crippen molar-refractivity contribution in [2.24, 2.45) is 0 Å². The van der Waals surface area contributed by atoms with E-state index in [1.54, 1.807) is 0 Å². The van der Waals surface area contributed by atoms with Crippen molar-refractivity contribution in [3.8, 4) is 34.4 Å². The van der Waals surface area contributed by atoms with E-state index in [1.807, 2.05) is 37.3 Å². The second kappa shape index (κ2) is 6.51. The quantitative estimate of drug-likeness (QED) is 0.677. The number of aryl methyl sites for hydroxylation is 2. The summed E-state index contributed by atoms with van der Waals surface area (Å²) in [5, 5.41) is 18.7. The zero-order chi connectivity index (χ0) is 18.0. The molecule has 3 aromatic carbocycles. The first kappa shape index (κ1) is 16.3. The highest BCUT2D eigenvalue weighted by molar-refractivity contribution is 5.82. The fourth-order valence-electron chi connectivity index (χ4n) is 2.93. The second-order valence-corrected chi connectivity index (χ2v) is 6.07. The third-order valence-corrected chi connectivity index (χ3v) is 4.37. The van der Waals surface area contributed by atoms with E-state index in [-0.39, 0.29) is 5.69 Å². The normalized spacial score (nSPS) is 10.1. The Bertz CT molecular complexity index is 1020. The van der Waals surface area contributed by atoms with Crippen molar-refractivity contribution in [3.05, 3.63) is 76.9 Å². The molecule has 25 heavy (non-hydrogen) atoms. The first-order valence-electron chi connectivity index (χ1n) is 7.96. The predicted octanol–water partition coefficient (Wildman–Crippen LogP) is 4.96. The summed E-state index contributed by atoms with van der Waals surface area (Å²) in [5.74, 6) is 0. The lowest BCUT2D eigenvalue weighted by molar-refractivity contribution is 1.37. The van der Waals surface area contributed by atoms with E-state index in [2.05, 4.69) is 43.3 Å². The summed E-state index contributed by atoms with van der Waals surface area (Å²) < 4.78 is 0. The number of nitriles is 2. The van der Waals surface area contributed by atoms with Crippen LogP contribution in [0.4, 0.5) is 5.69 Å². The van der Waals surface area contributed by atoms with Gasteiger partial charge in [-0.2, -0.15) is 10.5 Å². The maximum atomic E-state index is 9.49. The average molecular weight is 323 g/mol. The van der Waals surface area contributed by atoms with Crippen LogP contribution in [0.3, 0.4) is 0 Å². The minimum Gasteiger partial charge on any atom is -0.397 e. The van der Waals surface area contributed by atoms with Gasteiger partial charge < -0.3 is 5.73 Å². The standard InChI is InChI=1S/C22H17N3/c1-14-3-5-16(6-4-14)17-7-9-18(10-8-17)19-11-15(2)20(12-23)22(25)21(19)13-24/h3-11H,25H2,1-2H3. The van der Waals surface area contributed by atoms with Crippen molar-refractivity contribution in [1.82, 2.24) is 0 Å². The number of nitrogen functional groups attached to an aromatic ring is 1. The van der Waals surface area contributed by atoms with Crippen molar-refractivity contribution >= 4 is 5.69 Å². The zero-order valence-corrected chi connectivity index (χ0v) is 14.2. The van der Waals surface area contributed by atoms with Gasteiger partial charge >= 0.3 is 0 Å². The molecule has 0 unspecified atom stereocenters. The van der Waals surface area contributed by atoms with Crippen LogP contribution in [0, 0.1) is 36.5 Å². The molecule has 3 nitrogen and oxygen atoms in total. The lowest BCUT2D eigenvalue weighted by Gasteiger charge is -2.12. The summed E-state index contributed by atoms with van der Waals surface area (Å²) in [6, 6.07) is 22.5. The summed E-state index contributed by atoms with van der Waals surface area (Å²) in [6.45, 7) is 3.90. The highest BCUT2D eigenvalue weighted by Crippen LogP contribution is 2.33. The molecule has 0 amide bonds. The first-order chi connectivity index (χ1) is 12.0. The van der Waals surface area contributed by atoms with Gasteiger partial charge in [-0.1, -0.05) is 54.1 Å². The highest BCUT2D eigenvalue weighted by Gasteiger charge is 2.15. The van der Waals surface area contributed by atoms with Crippen LogP contribution in [0.15, 0.2) is 54.6 Å². The molecule has 0 fully saturated rings. The molecule has 2 N–H and O–H groups in total. The Hall–Kier alpha value is -3.56. The van der Waals surface area contributed by atoms with E-state index in [9.17, 15) is 10.5 Å². The minimum atomic E-state index is 0.252. The van der Waals surface area contributed by atoms with Crippen LogP contribution in [0.1, 0.15) is 22.3 Å². The van der Waals surface area contributed by atoms with E-state index in [0.717, 1.165) is 27.8 Å². The van der Waals surface area contributed by atoms with Gasteiger partial charge in [0.25, 0.3) is 0 Å². The van der Waals surface area contributed by atoms with Crippen molar-refractivity contribution in [1.29, 1.82) is 10.5 Å². The number of nitrogens with zero attached hydrogens (tertiary/aromatic N) is 2. The molecule has 0 spiro atoms. The summed E-state index contributed by atoms with van der Waals surface area (Å²) in [4.78, 5) is 0. The Kier molecular flexibility index (Phi) is 4.25. The number of hydrogen-bond acceptors (Lipinski definition) is 3. The van der Waals surface area contributed by atoms with Crippen molar-refractivity contribution < 1.29 is 0 Å². The van der Waals surface area contributed by atoms with Crippen molar-refractivity contribution in [2.75, 3.05) is 5.73 Å². The Morgan fingerprint density at radius 3 is 1.72 bits per heavy atom. The molecule has 0 heterocycles. The number of nitrogens with two attached hydrogens (primary N) is 1. The van der Waals surface area contributed by atoms with Crippen LogP contribution in [0.2, 0.25) is 0 Å².